The van der Waals surface area contributed by atoms with Crippen LogP contribution in [0, 0.1) is 13.8 Å². The maximum atomic E-state index is 4.65. The Morgan fingerprint density at radius 3 is 2.80 bits per heavy atom. The van der Waals surface area contributed by atoms with Crippen LogP contribution in [0.15, 0.2) is 41.3 Å². The summed E-state index contributed by atoms with van der Waals surface area (Å²) in [6.45, 7) is 7.43. The molecular formula is C17H22N2S. The van der Waals surface area contributed by atoms with E-state index in [2.05, 4.69) is 61.4 Å². The van der Waals surface area contributed by atoms with Crippen molar-refractivity contribution >= 4 is 17.6 Å². The molecule has 0 aliphatic carbocycles. The molecule has 0 aliphatic rings. The lowest BCUT2D eigenvalue weighted by Crippen LogP contribution is -2.02. The highest BCUT2D eigenvalue weighted by Gasteiger charge is 2.02. The highest BCUT2D eigenvalue weighted by molar-refractivity contribution is 7.98. The molecule has 0 aliphatic heterocycles. The van der Waals surface area contributed by atoms with Gasteiger partial charge in [-0.3, -0.25) is 0 Å². The van der Waals surface area contributed by atoms with Crippen LogP contribution in [0.1, 0.15) is 30.2 Å². The minimum absolute atomic E-state index is 0.909. The Kier molecular flexibility index (Phi) is 5.48. The molecule has 2 rings (SSSR count). The number of pyridine rings is 1. The third-order valence-corrected chi connectivity index (χ3v) is 4.27. The number of hydrogen-bond donors (Lipinski definition) is 1. The van der Waals surface area contributed by atoms with Crippen molar-refractivity contribution in [3.05, 3.63) is 53.2 Å². The topological polar surface area (TPSA) is 24.9 Å². The molecule has 0 spiro atoms. The van der Waals surface area contributed by atoms with Crippen LogP contribution in [0.3, 0.4) is 0 Å². The van der Waals surface area contributed by atoms with Gasteiger partial charge in [-0.15, -0.1) is 11.8 Å². The van der Waals surface area contributed by atoms with Crippen molar-refractivity contribution in [1.29, 1.82) is 0 Å². The third kappa shape index (κ3) is 4.27. The van der Waals surface area contributed by atoms with E-state index in [0.29, 0.717) is 0 Å². The van der Waals surface area contributed by atoms with Crippen LogP contribution >= 0.6 is 11.8 Å². The van der Waals surface area contributed by atoms with E-state index in [1.807, 2.05) is 17.8 Å². The van der Waals surface area contributed by atoms with Crippen LogP contribution in [0.5, 0.6) is 0 Å². The highest BCUT2D eigenvalue weighted by atomic mass is 32.2. The van der Waals surface area contributed by atoms with Gasteiger partial charge in [0, 0.05) is 17.2 Å². The third-order valence-electron chi connectivity index (χ3n) is 3.08. The summed E-state index contributed by atoms with van der Waals surface area (Å²) < 4.78 is 0. The largest absolute Gasteiger partial charge is 0.370 e. The van der Waals surface area contributed by atoms with Crippen molar-refractivity contribution in [2.75, 3.05) is 11.9 Å². The molecule has 1 aromatic heterocycles. The van der Waals surface area contributed by atoms with Crippen molar-refractivity contribution in [3.8, 4) is 0 Å². The zero-order valence-corrected chi connectivity index (χ0v) is 13.3. The molecule has 1 aromatic carbocycles. The highest BCUT2D eigenvalue weighted by Crippen LogP contribution is 2.26. The molecule has 0 bridgehead atoms. The smallest absolute Gasteiger partial charge is 0.126 e. The van der Waals surface area contributed by atoms with Gasteiger partial charge >= 0.3 is 0 Å². The number of nitrogens with zero attached hydrogens (tertiary/aromatic N) is 1. The van der Waals surface area contributed by atoms with Gasteiger partial charge in [0.2, 0.25) is 0 Å². The molecule has 0 fully saturated rings. The SMILES string of the molecule is CCCNc1cccc(CSc2cc(C)ccc2C)n1. The van der Waals surface area contributed by atoms with Gasteiger partial charge in [-0.1, -0.05) is 30.7 Å². The second-order valence-electron chi connectivity index (χ2n) is 5.00. The molecule has 106 valence electrons. The van der Waals surface area contributed by atoms with E-state index in [1.165, 1.54) is 16.0 Å². The second-order valence-corrected chi connectivity index (χ2v) is 6.02. The summed E-state index contributed by atoms with van der Waals surface area (Å²) in [6.07, 6.45) is 1.11. The number of thioether (sulfide) groups is 1. The number of hydrogen-bond acceptors (Lipinski definition) is 3. The Labute approximate surface area is 126 Å². The molecule has 20 heavy (non-hydrogen) atoms. The van der Waals surface area contributed by atoms with Crippen molar-refractivity contribution in [2.45, 2.75) is 37.8 Å². The van der Waals surface area contributed by atoms with Crippen molar-refractivity contribution in [2.24, 2.45) is 0 Å². The molecule has 1 heterocycles. The van der Waals surface area contributed by atoms with Crippen molar-refractivity contribution < 1.29 is 0 Å². The second kappa shape index (κ2) is 7.34. The minimum Gasteiger partial charge on any atom is -0.370 e. The van der Waals surface area contributed by atoms with Gasteiger partial charge in [0.25, 0.3) is 0 Å². The number of rotatable bonds is 6. The lowest BCUT2D eigenvalue weighted by atomic mass is 10.2. The van der Waals surface area contributed by atoms with E-state index >= 15 is 0 Å². The van der Waals surface area contributed by atoms with Gasteiger partial charge in [-0.25, -0.2) is 4.98 Å². The van der Waals surface area contributed by atoms with Gasteiger partial charge in [0.1, 0.15) is 5.82 Å². The fourth-order valence-corrected chi connectivity index (χ4v) is 2.96. The van der Waals surface area contributed by atoms with Crippen molar-refractivity contribution in [3.63, 3.8) is 0 Å². The number of benzene rings is 1. The average Bonchev–Trinajstić information content (AvgIpc) is 2.46. The monoisotopic (exact) mass is 286 g/mol. The first-order valence-corrected chi connectivity index (χ1v) is 8.07. The number of nitrogens with one attached hydrogen (secondary N) is 1. The fourth-order valence-electron chi connectivity index (χ4n) is 1.93. The maximum absolute atomic E-state index is 4.65. The van der Waals surface area contributed by atoms with Gasteiger partial charge in [-0.2, -0.15) is 0 Å². The molecule has 0 saturated heterocycles. The first-order valence-electron chi connectivity index (χ1n) is 7.09. The molecule has 0 radical (unpaired) electrons. The standard InChI is InChI=1S/C17H22N2S/c1-4-10-18-17-7-5-6-15(19-17)12-20-16-11-13(2)8-9-14(16)3/h5-9,11H,4,10,12H2,1-3H3,(H,18,19). The van der Waals surface area contributed by atoms with Crippen LogP contribution in [-0.4, -0.2) is 11.5 Å². The first kappa shape index (κ1) is 14.9. The molecule has 2 nitrogen and oxygen atoms in total. The molecule has 0 unspecified atom stereocenters. The quantitative estimate of drug-likeness (QED) is 0.771. The lowest BCUT2D eigenvalue weighted by Gasteiger charge is -2.08. The summed E-state index contributed by atoms with van der Waals surface area (Å²) in [5.74, 6) is 1.89. The van der Waals surface area contributed by atoms with Gasteiger partial charge in [-0.05, 0) is 44.0 Å². The summed E-state index contributed by atoms with van der Waals surface area (Å²) in [4.78, 5) is 5.99. The zero-order valence-electron chi connectivity index (χ0n) is 12.4. The molecular weight excluding hydrogens is 264 g/mol. The van der Waals surface area contributed by atoms with Crippen molar-refractivity contribution in [1.82, 2.24) is 4.98 Å². The van der Waals surface area contributed by atoms with Crippen LogP contribution in [-0.2, 0) is 5.75 Å². The maximum Gasteiger partial charge on any atom is 0.126 e. The summed E-state index contributed by atoms with van der Waals surface area (Å²) in [7, 11) is 0. The number of aromatic nitrogens is 1. The van der Waals surface area contributed by atoms with E-state index in [9.17, 15) is 0 Å². The molecule has 0 amide bonds. The lowest BCUT2D eigenvalue weighted by molar-refractivity contribution is 0.965. The van der Waals surface area contributed by atoms with Crippen LogP contribution in [0.25, 0.3) is 0 Å². The van der Waals surface area contributed by atoms with E-state index in [1.54, 1.807) is 0 Å². The Hall–Kier alpha value is -1.48. The number of aryl methyl sites for hydroxylation is 2. The van der Waals surface area contributed by atoms with Crippen LogP contribution in [0.4, 0.5) is 5.82 Å². The molecule has 2 aromatic rings. The molecule has 0 saturated carbocycles. The van der Waals surface area contributed by atoms with E-state index < -0.39 is 0 Å². The molecule has 0 atom stereocenters. The minimum atomic E-state index is 0.909. The van der Waals surface area contributed by atoms with Gasteiger partial charge < -0.3 is 5.32 Å². The van der Waals surface area contributed by atoms with Gasteiger partial charge in [0.15, 0.2) is 0 Å². The normalized spacial score (nSPS) is 10.6. The summed E-state index contributed by atoms with van der Waals surface area (Å²) in [5.41, 5.74) is 3.77. The summed E-state index contributed by atoms with van der Waals surface area (Å²) in [6, 6.07) is 12.8. The molecule has 1 N–H and O–H groups in total. The summed E-state index contributed by atoms with van der Waals surface area (Å²) in [5, 5.41) is 3.33. The predicted molar refractivity (Wildman–Crippen MR) is 88.5 cm³/mol. The number of anilines is 1. The first-order chi connectivity index (χ1) is 9.69. The summed E-state index contributed by atoms with van der Waals surface area (Å²) >= 11 is 1.86. The van der Waals surface area contributed by atoms with E-state index in [-0.39, 0.29) is 0 Å². The Balaban J connectivity index is 2.01. The Bertz CT molecular complexity index is 567. The van der Waals surface area contributed by atoms with Crippen LogP contribution < -0.4 is 5.32 Å². The Morgan fingerprint density at radius 2 is 2.00 bits per heavy atom. The van der Waals surface area contributed by atoms with Gasteiger partial charge in [0.05, 0.1) is 5.69 Å². The van der Waals surface area contributed by atoms with E-state index in [4.69, 9.17) is 0 Å². The predicted octanol–water partition coefficient (Wildman–Crippen LogP) is 4.81. The van der Waals surface area contributed by atoms with E-state index in [0.717, 1.165) is 30.2 Å². The molecule has 3 heteroatoms. The van der Waals surface area contributed by atoms with Crippen LogP contribution in [0.2, 0.25) is 0 Å². The fraction of sp³-hybridized carbons (Fsp3) is 0.353. The zero-order chi connectivity index (χ0) is 14.4. The Morgan fingerprint density at radius 1 is 1.15 bits per heavy atom. The average molecular weight is 286 g/mol.